The van der Waals surface area contributed by atoms with E-state index < -0.39 is 235 Å². The van der Waals surface area contributed by atoms with Crippen LogP contribution in [0.25, 0.3) is 0 Å². The maximum absolute atomic E-state index is 14.5. The predicted octanol–water partition coefficient (Wildman–Crippen LogP) is -0.753. The van der Waals surface area contributed by atoms with Gasteiger partial charge in [-0.1, -0.05) is 44.4 Å². The van der Waals surface area contributed by atoms with E-state index in [0.717, 1.165) is 6.42 Å². The van der Waals surface area contributed by atoms with E-state index in [-0.39, 0.29) is 60.4 Å². The van der Waals surface area contributed by atoms with Gasteiger partial charge in [-0.2, -0.15) is 0 Å². The molecular weight excluding hydrogens is 1290 g/mol. The Morgan fingerprint density at radius 2 is 1.52 bits per heavy atom. The summed E-state index contributed by atoms with van der Waals surface area (Å²) in [6.45, 7) is 7.76. The molecule has 7 rings (SSSR count). The van der Waals surface area contributed by atoms with Crippen molar-refractivity contribution in [3.8, 4) is 11.5 Å². The van der Waals surface area contributed by atoms with Gasteiger partial charge >= 0.3 is 11.9 Å². The Bertz CT molecular complexity index is 3360. The highest BCUT2D eigenvalue weighted by Crippen LogP contribution is 2.52. The second-order valence-corrected chi connectivity index (χ2v) is 26.9. The molecule has 5 aliphatic rings. The first-order valence-electron chi connectivity index (χ1n) is 33.0. The minimum atomic E-state index is -2.61. The molecule has 14 atom stereocenters. The van der Waals surface area contributed by atoms with Gasteiger partial charge in [-0.15, -0.1) is 0 Å². The van der Waals surface area contributed by atoms with Crippen molar-refractivity contribution in [1.29, 1.82) is 0 Å². The normalized spacial score (nSPS) is 24.7. The first kappa shape index (κ1) is 77.3. The number of carbonyl (C=O) groups is 12. The molecule has 0 spiro atoms. The first-order chi connectivity index (χ1) is 46.1. The average molecular weight is 1380 g/mol. The molecule has 0 aromatic heterocycles. The van der Waals surface area contributed by atoms with Gasteiger partial charge in [0.15, 0.2) is 24.5 Å². The molecule has 3 aliphatic carbocycles. The molecule has 2 aromatic carbocycles. The molecular formula is C66H92N8O24. The van der Waals surface area contributed by atoms with Crippen molar-refractivity contribution in [1.82, 2.24) is 37.4 Å². The van der Waals surface area contributed by atoms with Crippen LogP contribution in [0.15, 0.2) is 18.2 Å². The smallest absolute Gasteiger partial charge is 0.314 e. The van der Waals surface area contributed by atoms with Gasteiger partial charge in [0, 0.05) is 66.9 Å². The Hall–Kier alpha value is -8.08. The summed E-state index contributed by atoms with van der Waals surface area (Å²) in [5.74, 6) is -13.9. The van der Waals surface area contributed by atoms with Crippen LogP contribution in [0.2, 0.25) is 0 Å². The number of aliphatic carboxylic acids is 1. The fourth-order valence-corrected chi connectivity index (χ4v) is 13.0. The number of aliphatic hydroxyl groups excluding tert-OH is 3. The summed E-state index contributed by atoms with van der Waals surface area (Å²) in [4.78, 5) is 165. The summed E-state index contributed by atoms with van der Waals surface area (Å²) < 4.78 is 24.9. The Kier molecular flexibility index (Phi) is 26.5. The van der Waals surface area contributed by atoms with Crippen molar-refractivity contribution in [3.05, 3.63) is 57.1 Å². The number of phenolic OH excluding ortho intramolecular Hbond substituents is 2. The number of ketones is 3. The van der Waals surface area contributed by atoms with Crippen LogP contribution in [-0.4, -0.2) is 205 Å². The van der Waals surface area contributed by atoms with Crippen molar-refractivity contribution in [2.45, 2.75) is 224 Å². The highest BCUT2D eigenvalue weighted by Gasteiger charge is 2.52. The zero-order chi connectivity index (χ0) is 72.2. The minimum Gasteiger partial charge on any atom is -0.507 e. The first-order valence-corrected chi connectivity index (χ1v) is 33.0. The molecule has 3 fully saturated rings. The number of carbonyl (C=O) groups excluding carboxylic acids is 11. The highest BCUT2D eigenvalue weighted by atomic mass is 16.7. The number of hydroxylamine groups is 1. The molecule has 0 radical (unpaired) electrons. The number of aliphatic hydroxyl groups is 4. The minimum absolute atomic E-state index is 0.0141. The third-order valence-electron chi connectivity index (χ3n) is 18.4. The van der Waals surface area contributed by atoms with E-state index in [1.807, 2.05) is 6.92 Å². The number of fused-ring (bicyclic) bond motifs is 4. The summed E-state index contributed by atoms with van der Waals surface area (Å²) in [6, 6.07) is -2.16. The van der Waals surface area contributed by atoms with Crippen LogP contribution in [0.4, 0.5) is 0 Å². The maximum atomic E-state index is 14.5. The number of ether oxygens (including phenoxy) is 4. The van der Waals surface area contributed by atoms with E-state index in [0.29, 0.717) is 37.7 Å². The number of aryl methyl sites for hydroxylation is 1. The monoisotopic (exact) mass is 1380 g/mol. The summed E-state index contributed by atoms with van der Waals surface area (Å²) in [5.41, 5.74) is 1.84. The second kappa shape index (κ2) is 33.7. The summed E-state index contributed by atoms with van der Waals surface area (Å²) in [6.07, 6.45) is -6.18. The van der Waals surface area contributed by atoms with Gasteiger partial charge < -0.3 is 87.0 Å². The van der Waals surface area contributed by atoms with Crippen LogP contribution in [-0.2, 0) is 78.2 Å². The number of carboxylic acids is 1. The molecule has 2 aromatic rings. The van der Waals surface area contributed by atoms with Gasteiger partial charge in [0.05, 0.1) is 60.3 Å². The van der Waals surface area contributed by atoms with Crippen LogP contribution in [0.1, 0.15) is 186 Å². The number of hydrogen-bond donors (Lipinski definition) is 15. The van der Waals surface area contributed by atoms with Crippen molar-refractivity contribution in [3.63, 3.8) is 0 Å². The van der Waals surface area contributed by atoms with Gasteiger partial charge in [-0.25, -0.2) is 5.48 Å². The maximum Gasteiger partial charge on any atom is 0.314 e. The third-order valence-corrected chi connectivity index (χ3v) is 18.4. The molecule has 0 bridgehead atoms. The predicted molar refractivity (Wildman–Crippen MR) is 339 cm³/mol. The SMILES string of the molecule is Cc1cccc2c1C(=O)c1c(O)c3c(c(O)c1C2=O)C[C@@](O)(C(=O)COC(=O)C(C)(C)CONC(=O)[C@H](CCC(N)=O)NC(=O)[C@@H](NC(=O)[C@H](CO)NC(=O)[C@H](C)NC(=O)CC(=O)NCCCC(=O)O)C1CCCCC1)C[C@@H]3OC1CC2NC(O)C(C)CC(CC(C)O)OC2C(C)O1. The molecule has 7 amide bonds. The number of rotatable bonds is 30. The van der Waals surface area contributed by atoms with E-state index in [1.54, 1.807) is 26.8 Å². The zero-order valence-corrected chi connectivity index (χ0v) is 55.9. The molecule has 32 nitrogen and oxygen atoms in total. The van der Waals surface area contributed by atoms with Crippen molar-refractivity contribution >= 4 is 70.6 Å². The summed E-state index contributed by atoms with van der Waals surface area (Å²) >= 11 is 0. The molecule has 16 N–H and O–H groups in total. The number of benzene rings is 2. The van der Waals surface area contributed by atoms with Crippen LogP contribution >= 0.6 is 0 Å². The Morgan fingerprint density at radius 3 is 2.18 bits per heavy atom. The largest absolute Gasteiger partial charge is 0.507 e. The van der Waals surface area contributed by atoms with Crippen LogP contribution in [0.3, 0.4) is 0 Å². The van der Waals surface area contributed by atoms with Crippen molar-refractivity contribution < 1.29 is 117 Å². The van der Waals surface area contributed by atoms with Crippen LogP contribution in [0, 0.1) is 24.2 Å². The fourth-order valence-electron chi connectivity index (χ4n) is 13.0. The van der Waals surface area contributed by atoms with Crippen LogP contribution < -0.4 is 43.1 Å². The Morgan fingerprint density at radius 1 is 0.837 bits per heavy atom. The lowest BCUT2D eigenvalue weighted by atomic mass is 9.71. The summed E-state index contributed by atoms with van der Waals surface area (Å²) in [7, 11) is 0. The van der Waals surface area contributed by atoms with Gasteiger partial charge in [0.2, 0.25) is 41.2 Å². The lowest BCUT2D eigenvalue weighted by Crippen LogP contribution is -2.60. The number of amides is 7. The second-order valence-electron chi connectivity index (χ2n) is 26.9. The molecule has 2 heterocycles. The number of primary amides is 1. The fraction of sp³-hybridized carbons (Fsp3) is 0.636. The van der Waals surface area contributed by atoms with E-state index >= 15 is 0 Å². The molecule has 32 heteroatoms. The number of phenols is 2. The number of Topliss-reactive ketones (excluding diaryl/α,β-unsaturated/α-hetero) is 1. The number of aromatic hydroxyl groups is 2. The highest BCUT2D eigenvalue weighted by molar-refractivity contribution is 6.31. The molecule has 98 heavy (non-hydrogen) atoms. The average Bonchev–Trinajstić information content (AvgIpc) is 0.711. The number of hydrogen-bond acceptors (Lipinski definition) is 24. The van der Waals surface area contributed by atoms with E-state index in [9.17, 15) is 88.2 Å². The Balaban J connectivity index is 1.02. The van der Waals surface area contributed by atoms with Crippen molar-refractivity contribution in [2.24, 2.45) is 23.0 Å². The van der Waals surface area contributed by atoms with E-state index in [2.05, 4.69) is 37.4 Å². The van der Waals surface area contributed by atoms with Gasteiger partial charge in [-0.3, -0.25) is 67.7 Å². The summed E-state index contributed by atoms with van der Waals surface area (Å²) in [5, 5.41) is 92.6. The Labute approximate surface area is 564 Å². The lowest BCUT2D eigenvalue weighted by molar-refractivity contribution is -0.268. The van der Waals surface area contributed by atoms with Crippen molar-refractivity contribution in [2.75, 3.05) is 26.4 Å². The van der Waals surface area contributed by atoms with Gasteiger partial charge in [-0.05, 0) is 97.5 Å². The topological polar surface area (TPSA) is 503 Å². The standard InChI is InChI=1S/C66H92N8O24/c1-30-13-11-16-37-49(30)56(85)52-51(54(37)83)55(84)38-25-66(93,26-42(50(38)57(52)86)98-48-23-40-58(34(5)96-48)97-36(22-32(3)76)21-31(2)59(87)71-40)43(77)28-94-64(92)65(6,7)29-95-74-62(90)39(18-19-44(67)78)70-63(91)53(35-14-9-8-10-15-35)73-61(89)41(27-75)72-60(88)33(4)69-46(80)24-45(79)68-20-12-17-47(81)82/h11,13,16,31-36,39-42,48,53,58-59,71,75-76,84,86-87,93H,8-10,12,14-15,17-29H2,1-7H3,(H2,67,78)(H,68,79)(H,69,80)(H,70,91)(H,72,88)(H,73,89)(H,74,90)(H,81,82)/t31?,32?,33-,34?,36?,39-,40?,41-,42-,48?,53-,58?,59?,66-/m0/s1. The zero-order valence-electron chi connectivity index (χ0n) is 55.9. The molecule has 1 saturated carbocycles. The molecule has 2 aliphatic heterocycles. The van der Waals surface area contributed by atoms with Gasteiger partial charge in [0.1, 0.15) is 53.9 Å². The van der Waals surface area contributed by atoms with Gasteiger partial charge in [0.25, 0.3) is 5.91 Å². The number of carboxylic acid groups (broad SMARTS) is 1. The van der Waals surface area contributed by atoms with E-state index in [1.165, 1.54) is 32.9 Å². The van der Waals surface area contributed by atoms with E-state index in [4.69, 9.17) is 34.6 Å². The lowest BCUT2D eigenvalue weighted by Gasteiger charge is -2.47. The number of nitrogens with one attached hydrogen (secondary N) is 7. The molecule has 540 valence electrons. The number of nitrogens with two attached hydrogens (primary N) is 1. The third kappa shape index (κ3) is 19.2. The molecule has 2 saturated heterocycles. The molecule has 8 unspecified atom stereocenters. The van der Waals surface area contributed by atoms with Crippen LogP contribution in [0.5, 0.6) is 11.5 Å². The quantitative estimate of drug-likeness (QED) is 0.0128. The number of esters is 1.